The van der Waals surface area contributed by atoms with Crippen molar-refractivity contribution in [3.05, 3.63) is 77.4 Å². The van der Waals surface area contributed by atoms with Crippen LogP contribution in [0.4, 0.5) is 18.9 Å². The molecule has 0 aromatic heterocycles. The molecule has 2 aromatic carbocycles. The van der Waals surface area contributed by atoms with Crippen LogP contribution in [0.1, 0.15) is 11.1 Å². The monoisotopic (exact) mass is 432 g/mol. The summed E-state index contributed by atoms with van der Waals surface area (Å²) >= 11 is 5.00. The van der Waals surface area contributed by atoms with Crippen molar-refractivity contribution in [1.29, 1.82) is 0 Å². The van der Waals surface area contributed by atoms with Crippen molar-refractivity contribution in [3.8, 4) is 5.75 Å². The zero-order valence-electron chi connectivity index (χ0n) is 15.6. The highest BCUT2D eigenvalue weighted by Gasteiger charge is 2.36. The van der Waals surface area contributed by atoms with Crippen LogP contribution in [-0.4, -0.2) is 24.0 Å². The second kappa shape index (κ2) is 8.50. The fourth-order valence-electron chi connectivity index (χ4n) is 2.70. The summed E-state index contributed by atoms with van der Waals surface area (Å²) in [7, 11) is 1.54. The molecule has 0 atom stereocenters. The van der Waals surface area contributed by atoms with Gasteiger partial charge in [0.2, 0.25) is 0 Å². The van der Waals surface area contributed by atoms with Gasteiger partial charge in [-0.25, -0.2) is 0 Å². The molecule has 5 nitrogen and oxygen atoms in total. The van der Waals surface area contributed by atoms with E-state index < -0.39 is 23.6 Å². The lowest BCUT2D eigenvalue weighted by Gasteiger charge is -2.29. The second-order valence-corrected chi connectivity index (χ2v) is 6.55. The number of allylic oxidation sites excluding steroid dienone is 2. The number of halogens is 3. The number of anilines is 1. The second-order valence-electron chi connectivity index (χ2n) is 6.16. The Morgan fingerprint density at radius 1 is 1.10 bits per heavy atom. The lowest BCUT2D eigenvalue weighted by Crippen LogP contribution is -2.54. The number of alkyl halides is 3. The summed E-state index contributed by atoms with van der Waals surface area (Å²) in [6.07, 6.45) is -0.147. The summed E-state index contributed by atoms with van der Waals surface area (Å²) in [4.78, 5) is 25.9. The molecule has 1 heterocycles. The van der Waals surface area contributed by atoms with Crippen molar-refractivity contribution < 1.29 is 27.5 Å². The quantitative estimate of drug-likeness (QED) is 0.449. The molecule has 1 N–H and O–H groups in total. The summed E-state index contributed by atoms with van der Waals surface area (Å²) in [5.41, 5.74) is -0.491. The third-order valence-corrected chi connectivity index (χ3v) is 4.49. The van der Waals surface area contributed by atoms with Crippen LogP contribution >= 0.6 is 12.2 Å². The molecule has 154 valence electrons. The molecule has 9 heteroatoms. The van der Waals surface area contributed by atoms with E-state index in [9.17, 15) is 22.8 Å². The Morgan fingerprint density at radius 3 is 2.43 bits per heavy atom. The maximum absolute atomic E-state index is 13.0. The first-order valence-corrected chi connectivity index (χ1v) is 9.01. The Hall–Kier alpha value is -3.46. The van der Waals surface area contributed by atoms with Crippen molar-refractivity contribution in [3.63, 3.8) is 0 Å². The van der Waals surface area contributed by atoms with Gasteiger partial charge >= 0.3 is 6.18 Å². The van der Waals surface area contributed by atoms with Crippen LogP contribution in [0.2, 0.25) is 0 Å². The molecule has 0 aliphatic carbocycles. The molecule has 1 saturated heterocycles. The normalized spacial score (nSPS) is 16.3. The summed E-state index contributed by atoms with van der Waals surface area (Å²) in [5.74, 6) is -0.868. The van der Waals surface area contributed by atoms with Gasteiger partial charge in [0.1, 0.15) is 11.3 Å². The number of benzene rings is 2. The van der Waals surface area contributed by atoms with Crippen molar-refractivity contribution in [2.24, 2.45) is 0 Å². The number of thiocarbonyl (C=S) groups is 1. The van der Waals surface area contributed by atoms with Gasteiger partial charge in [-0.3, -0.25) is 19.8 Å². The Bertz CT molecular complexity index is 1060. The van der Waals surface area contributed by atoms with Crippen molar-refractivity contribution in [2.75, 3.05) is 12.0 Å². The fourth-order valence-corrected chi connectivity index (χ4v) is 2.98. The van der Waals surface area contributed by atoms with Crippen molar-refractivity contribution in [2.45, 2.75) is 6.18 Å². The molecule has 2 amide bonds. The van der Waals surface area contributed by atoms with Gasteiger partial charge in [-0.2, -0.15) is 13.2 Å². The molecular formula is C21H15F3N2O3S. The number of carbonyl (C=O) groups excluding carboxylic acids is 2. The molecular weight excluding hydrogens is 417 g/mol. The maximum atomic E-state index is 13.0. The average Bonchev–Trinajstić information content (AvgIpc) is 2.70. The van der Waals surface area contributed by atoms with E-state index in [0.29, 0.717) is 5.75 Å². The standard InChI is InChI=1S/C21H15F3N2O3S/c1-29-16-10-8-13(9-11-16)4-2-7-17-18(27)25-20(30)26(19(17)28)15-6-3-5-14(12-15)21(22,23)24/h2-12H,1H3,(H,25,27,30)/b4-2+,17-7+. The van der Waals surface area contributed by atoms with Crippen LogP contribution in [-0.2, 0) is 15.8 Å². The van der Waals surface area contributed by atoms with Crippen LogP contribution in [0, 0.1) is 0 Å². The largest absolute Gasteiger partial charge is 0.497 e. The number of carbonyl (C=O) groups is 2. The first kappa shape index (κ1) is 21.3. The molecule has 1 aliphatic rings. The van der Waals surface area contributed by atoms with Crippen LogP contribution < -0.4 is 15.0 Å². The summed E-state index contributed by atoms with van der Waals surface area (Å²) < 4.78 is 44.1. The fraction of sp³-hybridized carbons (Fsp3) is 0.0952. The number of hydrogen-bond donors (Lipinski definition) is 1. The third-order valence-electron chi connectivity index (χ3n) is 4.20. The van der Waals surface area contributed by atoms with E-state index in [2.05, 4.69) is 5.32 Å². The predicted octanol–water partition coefficient (Wildman–Crippen LogP) is 4.10. The maximum Gasteiger partial charge on any atom is 0.416 e. The molecule has 0 unspecified atom stereocenters. The van der Waals surface area contributed by atoms with Gasteiger partial charge in [0.15, 0.2) is 5.11 Å². The summed E-state index contributed by atoms with van der Waals surface area (Å²) in [6.45, 7) is 0. The van der Waals surface area contributed by atoms with Crippen LogP contribution in [0.3, 0.4) is 0 Å². The number of nitrogens with zero attached hydrogens (tertiary/aromatic N) is 1. The van der Waals surface area contributed by atoms with E-state index in [1.54, 1.807) is 37.5 Å². The SMILES string of the molecule is COc1ccc(/C=C/C=C2\C(=O)NC(=S)N(c3cccc(C(F)(F)F)c3)C2=O)cc1. The molecule has 0 radical (unpaired) electrons. The molecule has 30 heavy (non-hydrogen) atoms. The minimum atomic E-state index is -4.58. The van der Waals surface area contributed by atoms with E-state index in [1.165, 1.54) is 18.2 Å². The molecule has 1 fully saturated rings. The summed E-state index contributed by atoms with van der Waals surface area (Å²) in [6, 6.07) is 11.2. The van der Waals surface area contributed by atoms with Crippen LogP contribution in [0.5, 0.6) is 5.75 Å². The minimum absolute atomic E-state index is 0.0927. The number of rotatable bonds is 4. The molecule has 0 spiro atoms. The van der Waals surface area contributed by atoms with Crippen molar-refractivity contribution >= 4 is 40.9 Å². The zero-order chi connectivity index (χ0) is 21.9. The first-order valence-electron chi connectivity index (χ1n) is 8.60. The Balaban J connectivity index is 1.88. The van der Waals surface area contributed by atoms with E-state index >= 15 is 0 Å². The van der Waals surface area contributed by atoms with E-state index in [1.807, 2.05) is 0 Å². The van der Waals surface area contributed by atoms with Crippen LogP contribution in [0.25, 0.3) is 6.08 Å². The highest BCUT2D eigenvalue weighted by Crippen LogP contribution is 2.32. The molecule has 3 rings (SSSR count). The zero-order valence-corrected chi connectivity index (χ0v) is 16.4. The Labute approximate surface area is 175 Å². The lowest BCUT2D eigenvalue weighted by molar-refractivity contribution is -0.137. The summed E-state index contributed by atoms with van der Waals surface area (Å²) in [5, 5.41) is 2.04. The Kier molecular flexibility index (Phi) is 6.02. The lowest BCUT2D eigenvalue weighted by atomic mass is 10.1. The highest BCUT2D eigenvalue weighted by molar-refractivity contribution is 7.80. The van der Waals surface area contributed by atoms with Crippen LogP contribution in [0.15, 0.2) is 66.3 Å². The Morgan fingerprint density at radius 2 is 1.80 bits per heavy atom. The predicted molar refractivity (Wildman–Crippen MR) is 110 cm³/mol. The van der Waals surface area contributed by atoms with Gasteiger partial charge < -0.3 is 4.74 Å². The van der Waals surface area contributed by atoms with Crippen molar-refractivity contribution in [1.82, 2.24) is 5.32 Å². The van der Waals surface area contributed by atoms with E-state index in [-0.39, 0.29) is 16.4 Å². The topological polar surface area (TPSA) is 58.6 Å². The third kappa shape index (κ3) is 4.57. The number of nitrogens with one attached hydrogen (secondary N) is 1. The average molecular weight is 432 g/mol. The van der Waals surface area contributed by atoms with Gasteiger partial charge in [-0.05, 0) is 54.2 Å². The van der Waals surface area contributed by atoms with Gasteiger partial charge in [0, 0.05) is 0 Å². The number of amides is 2. The van der Waals surface area contributed by atoms with Gasteiger partial charge in [-0.15, -0.1) is 0 Å². The molecule has 0 bridgehead atoms. The van der Waals surface area contributed by atoms with Gasteiger partial charge in [0.25, 0.3) is 11.8 Å². The van der Waals surface area contributed by atoms with E-state index in [0.717, 1.165) is 28.7 Å². The molecule has 0 saturated carbocycles. The number of methoxy groups -OCH3 is 1. The van der Waals surface area contributed by atoms with Gasteiger partial charge in [0.05, 0.1) is 18.4 Å². The van der Waals surface area contributed by atoms with Gasteiger partial charge in [-0.1, -0.05) is 30.4 Å². The highest BCUT2D eigenvalue weighted by atomic mass is 32.1. The number of hydrogen-bond acceptors (Lipinski definition) is 4. The first-order chi connectivity index (χ1) is 14.2. The number of ether oxygens (including phenoxy) is 1. The minimum Gasteiger partial charge on any atom is -0.497 e. The molecule has 1 aliphatic heterocycles. The molecule has 2 aromatic rings. The smallest absolute Gasteiger partial charge is 0.416 e. The van der Waals surface area contributed by atoms with E-state index in [4.69, 9.17) is 17.0 Å².